The molecule has 2 N–H and O–H groups in total. The Labute approximate surface area is 386 Å². The maximum atomic E-state index is 16.2. The molecule has 7 rings (SSSR count). The van der Waals surface area contributed by atoms with Gasteiger partial charge in [-0.05, 0) is 98.0 Å². The van der Waals surface area contributed by atoms with Crippen LogP contribution in [0.25, 0.3) is 33.3 Å². The number of nitrogens with zero attached hydrogens (tertiary/aromatic N) is 5. The molecule has 6 bridgehead atoms. The van der Waals surface area contributed by atoms with E-state index in [1.54, 1.807) is 29.8 Å². The van der Waals surface area contributed by atoms with Gasteiger partial charge in [-0.3, -0.25) is 34.0 Å². The summed E-state index contributed by atoms with van der Waals surface area (Å²) >= 11 is 0. The third-order valence-corrected chi connectivity index (χ3v) is 13.3. The minimum atomic E-state index is -1.42. The van der Waals surface area contributed by atoms with Gasteiger partial charge in [0.25, 0.3) is 5.91 Å². The quantitative estimate of drug-likeness (QED) is 0.130. The molecule has 4 aromatic rings. The minimum Gasteiger partial charge on any atom is -0.464 e. The standard InChI is InChI=1S/C51H64FN7O7/c1-10-43(60)57-23-20-36(28-57)48(62)56(8)45(30(2)3)47(61)54-41-25-33-14-11-15-34(24-33)35-18-19-42-38(26-35)39(46(59(42)32(5)52)37-16-12-21-53-44(37)31(4)65-9)27-51(6,7)29-66-50(64)40-17-13-22-58(55-40)49(41)63/h10-12,14-16,18-19,21,24,26,30-32,36,40-41,45,55H,1,13,17,20,22-23,25,27-29H2,2-9H3,(H,54,61)/t31-,32?,36-,40-,41-,45?/m0/s1. The van der Waals surface area contributed by atoms with Crippen LogP contribution in [0, 0.1) is 17.3 Å². The lowest BCUT2D eigenvalue weighted by Crippen LogP contribution is -2.62. The number of rotatable bonds is 10. The van der Waals surface area contributed by atoms with Crippen molar-refractivity contribution >= 4 is 40.5 Å². The average Bonchev–Trinajstić information content (AvgIpc) is 3.92. The molecule has 3 aliphatic heterocycles. The summed E-state index contributed by atoms with van der Waals surface area (Å²) in [5.74, 6) is -2.77. The van der Waals surface area contributed by atoms with Crippen LogP contribution in [-0.4, -0.2) is 112 Å². The van der Waals surface area contributed by atoms with Crippen LogP contribution in [0.4, 0.5) is 4.39 Å². The number of likely N-dealkylation sites (tertiary alicyclic amines) is 1. The summed E-state index contributed by atoms with van der Waals surface area (Å²) in [4.78, 5) is 77.0. The van der Waals surface area contributed by atoms with Gasteiger partial charge in [0.05, 0.1) is 35.5 Å². The fourth-order valence-electron chi connectivity index (χ4n) is 9.87. The fourth-order valence-corrected chi connectivity index (χ4v) is 9.87. The number of halogens is 1. The maximum absolute atomic E-state index is 16.2. The normalized spacial score (nSPS) is 21.5. The number of esters is 1. The Kier molecular flexibility index (Phi) is 14.5. The van der Waals surface area contributed by atoms with Crippen LogP contribution < -0.4 is 10.7 Å². The Morgan fingerprint density at radius 2 is 1.80 bits per heavy atom. The Bertz CT molecular complexity index is 2500. The number of cyclic esters (lactones) is 1. The van der Waals surface area contributed by atoms with Gasteiger partial charge in [-0.1, -0.05) is 64.6 Å². The van der Waals surface area contributed by atoms with E-state index in [0.29, 0.717) is 55.7 Å². The summed E-state index contributed by atoms with van der Waals surface area (Å²) in [6.45, 7) is 15.7. The van der Waals surface area contributed by atoms with E-state index in [0.717, 1.165) is 33.2 Å². The van der Waals surface area contributed by atoms with Crippen LogP contribution in [0.15, 0.2) is 73.4 Å². The number of hydrogen-bond donors (Lipinski definition) is 2. The van der Waals surface area contributed by atoms with Crippen molar-refractivity contribution in [3.8, 4) is 22.4 Å². The fraction of sp³-hybridized carbons (Fsp3) is 0.490. The summed E-state index contributed by atoms with van der Waals surface area (Å²) in [7, 11) is 3.21. The second-order valence-corrected chi connectivity index (χ2v) is 19.2. The Balaban J connectivity index is 1.30. The third-order valence-electron chi connectivity index (χ3n) is 13.3. The molecule has 6 atom stereocenters. The zero-order valence-corrected chi connectivity index (χ0v) is 39.4. The molecule has 14 nitrogen and oxygen atoms in total. The van der Waals surface area contributed by atoms with Gasteiger partial charge in [-0.15, -0.1) is 0 Å². The molecule has 352 valence electrons. The van der Waals surface area contributed by atoms with Crippen LogP contribution >= 0.6 is 0 Å². The summed E-state index contributed by atoms with van der Waals surface area (Å²) < 4.78 is 29.7. The molecule has 5 heterocycles. The average molecular weight is 906 g/mol. The van der Waals surface area contributed by atoms with E-state index in [1.807, 2.05) is 83.1 Å². The van der Waals surface area contributed by atoms with Gasteiger partial charge >= 0.3 is 5.97 Å². The van der Waals surface area contributed by atoms with Crippen LogP contribution in [-0.2, 0) is 46.3 Å². The van der Waals surface area contributed by atoms with Gasteiger partial charge < -0.3 is 29.2 Å². The first kappa shape index (κ1) is 48.0. The highest BCUT2D eigenvalue weighted by Gasteiger charge is 2.40. The number of carbonyl (C=O) groups excluding carboxylic acids is 5. The number of methoxy groups -OCH3 is 1. The third kappa shape index (κ3) is 9.92. The number of pyridine rings is 1. The molecule has 66 heavy (non-hydrogen) atoms. The highest BCUT2D eigenvalue weighted by Crippen LogP contribution is 2.43. The van der Waals surface area contributed by atoms with Gasteiger partial charge in [0.1, 0.15) is 18.1 Å². The van der Waals surface area contributed by atoms with E-state index in [2.05, 4.69) is 23.4 Å². The molecule has 2 unspecified atom stereocenters. The molecule has 0 saturated carbocycles. The number of aromatic nitrogens is 2. The predicted molar refractivity (Wildman–Crippen MR) is 250 cm³/mol. The molecule has 3 aliphatic rings. The van der Waals surface area contributed by atoms with Crippen molar-refractivity contribution in [2.24, 2.45) is 17.3 Å². The zero-order chi connectivity index (χ0) is 47.6. The van der Waals surface area contributed by atoms with E-state index in [-0.39, 0.29) is 43.4 Å². The summed E-state index contributed by atoms with van der Waals surface area (Å²) in [5, 5.41) is 5.26. The Hall–Kier alpha value is -5.93. The van der Waals surface area contributed by atoms with E-state index in [1.165, 1.54) is 22.9 Å². The Morgan fingerprint density at radius 1 is 1.05 bits per heavy atom. The van der Waals surface area contributed by atoms with Gasteiger partial charge in [0.15, 0.2) is 6.30 Å². The van der Waals surface area contributed by atoms with Crippen molar-refractivity contribution in [3.63, 3.8) is 0 Å². The molecule has 4 amide bonds. The van der Waals surface area contributed by atoms with Gasteiger partial charge in [0, 0.05) is 62.8 Å². The van der Waals surface area contributed by atoms with Crippen molar-refractivity contribution < 1.29 is 37.8 Å². The van der Waals surface area contributed by atoms with Crippen LogP contribution in [0.1, 0.15) is 90.0 Å². The molecule has 2 saturated heterocycles. The number of fused-ring (bicyclic) bond motifs is 6. The number of benzene rings is 2. The van der Waals surface area contributed by atoms with E-state index >= 15 is 4.39 Å². The van der Waals surface area contributed by atoms with Crippen LogP contribution in [0.2, 0.25) is 0 Å². The number of alkyl halides is 1. The number of nitrogens with one attached hydrogen (secondary N) is 2. The molecular formula is C51H64FN7O7. The van der Waals surface area contributed by atoms with Crippen LogP contribution in [0.5, 0.6) is 0 Å². The molecule has 0 radical (unpaired) electrons. The van der Waals surface area contributed by atoms with Crippen molar-refractivity contribution in [1.82, 2.24) is 35.1 Å². The molecule has 0 spiro atoms. The molecule has 2 aromatic heterocycles. The van der Waals surface area contributed by atoms with E-state index in [4.69, 9.17) is 14.5 Å². The summed E-state index contributed by atoms with van der Waals surface area (Å²) in [5.41, 5.74) is 8.60. The second-order valence-electron chi connectivity index (χ2n) is 19.2. The SMILES string of the molecule is C=CC(=O)N1CC[C@H](C(=O)N(C)C(C(=O)N[C@H]2Cc3cccc(c3)-c3ccc4c(c3)c(c(-c3cccnc3[C@H](C)OC)n4C(C)F)CC(C)(C)COC(=O)[C@@H]3CCCN(N3)C2=O)C(C)C)C1. The highest BCUT2D eigenvalue weighted by atomic mass is 19.1. The lowest BCUT2D eigenvalue weighted by Gasteiger charge is -2.37. The first-order valence-electron chi connectivity index (χ1n) is 23.0. The van der Waals surface area contributed by atoms with E-state index in [9.17, 15) is 24.0 Å². The number of carbonyl (C=O) groups is 5. The number of hydrogen-bond acceptors (Lipinski definition) is 9. The van der Waals surface area contributed by atoms with Crippen molar-refractivity contribution in [2.45, 2.75) is 104 Å². The number of amides is 4. The topological polar surface area (TPSA) is 155 Å². The molecule has 2 fully saturated rings. The monoisotopic (exact) mass is 905 g/mol. The summed E-state index contributed by atoms with van der Waals surface area (Å²) in [6.07, 6.45) is 3.04. The molecular weight excluding hydrogens is 842 g/mol. The second kappa shape index (κ2) is 19.9. The van der Waals surface area contributed by atoms with Gasteiger partial charge in [-0.2, -0.15) is 0 Å². The number of likely N-dealkylation sites (N-methyl/N-ethyl adjacent to an activating group) is 1. The highest BCUT2D eigenvalue weighted by molar-refractivity contribution is 5.96. The maximum Gasteiger partial charge on any atom is 0.324 e. The van der Waals surface area contributed by atoms with Crippen molar-refractivity contribution in [3.05, 3.63) is 90.3 Å². The molecule has 0 aliphatic carbocycles. The predicted octanol–water partition coefficient (Wildman–Crippen LogP) is 6.73. The van der Waals surface area contributed by atoms with E-state index < -0.39 is 53.5 Å². The zero-order valence-electron chi connectivity index (χ0n) is 39.4. The van der Waals surface area contributed by atoms with Gasteiger partial charge in [0.2, 0.25) is 17.7 Å². The van der Waals surface area contributed by atoms with Gasteiger partial charge in [-0.25, -0.2) is 9.82 Å². The Morgan fingerprint density at radius 3 is 2.52 bits per heavy atom. The number of hydrazine groups is 1. The number of ether oxygens (including phenoxy) is 2. The minimum absolute atomic E-state index is 0.0380. The van der Waals surface area contributed by atoms with Crippen molar-refractivity contribution in [2.75, 3.05) is 40.4 Å². The lowest BCUT2D eigenvalue weighted by molar-refractivity contribution is -0.155. The molecule has 2 aromatic carbocycles. The first-order chi connectivity index (χ1) is 31.4. The largest absolute Gasteiger partial charge is 0.464 e. The van der Waals surface area contributed by atoms with Crippen LogP contribution in [0.3, 0.4) is 0 Å². The smallest absolute Gasteiger partial charge is 0.324 e. The summed E-state index contributed by atoms with van der Waals surface area (Å²) in [6, 6.07) is 14.7. The molecule has 15 heteroatoms. The lowest BCUT2D eigenvalue weighted by atomic mass is 9.84. The first-order valence-corrected chi connectivity index (χ1v) is 23.0. The van der Waals surface area contributed by atoms with Crippen molar-refractivity contribution in [1.29, 1.82) is 0 Å².